The third-order valence-corrected chi connectivity index (χ3v) is 7.28. The molecule has 6 nitrogen and oxygen atoms in total. The van der Waals surface area contributed by atoms with Crippen molar-refractivity contribution >= 4 is 17.6 Å². The van der Waals surface area contributed by atoms with E-state index in [0.717, 1.165) is 40.4 Å². The summed E-state index contributed by atoms with van der Waals surface area (Å²) in [5, 5.41) is 8.72. The molecule has 1 atom stereocenters. The minimum absolute atomic E-state index is 0.127. The number of hydrogen-bond acceptors (Lipinski definition) is 2. The minimum Gasteiger partial charge on any atom is -0.338 e. The summed E-state index contributed by atoms with van der Waals surface area (Å²) in [4.78, 5) is 15.8. The summed E-state index contributed by atoms with van der Waals surface area (Å²) in [5.41, 5.74) is 5.98. The van der Waals surface area contributed by atoms with Crippen LogP contribution in [0.1, 0.15) is 34.1 Å². The van der Waals surface area contributed by atoms with Crippen LogP contribution >= 0.6 is 11.6 Å². The molecule has 5 aromatic rings. The molecule has 1 N–H and O–H groups in total. The highest BCUT2D eigenvalue weighted by molar-refractivity contribution is 6.30. The molecule has 1 aliphatic rings. The predicted octanol–water partition coefficient (Wildman–Crippen LogP) is 6.48. The van der Waals surface area contributed by atoms with Crippen LogP contribution in [0, 0.1) is 6.92 Å². The maximum atomic E-state index is 13.9. The van der Waals surface area contributed by atoms with Gasteiger partial charge >= 0.3 is 6.03 Å². The maximum Gasteiger partial charge on any atom is 0.318 e. The Labute approximate surface area is 227 Å². The first-order valence-electron chi connectivity index (χ1n) is 12.8. The molecule has 190 valence electrons. The fraction of sp³-hybridized carbons (Fsp3) is 0.161. The monoisotopic (exact) mass is 521 g/mol. The van der Waals surface area contributed by atoms with Gasteiger partial charge in [0.25, 0.3) is 0 Å². The highest BCUT2D eigenvalue weighted by Gasteiger charge is 2.36. The van der Waals surface area contributed by atoms with Crippen molar-refractivity contribution in [3.63, 3.8) is 0 Å². The van der Waals surface area contributed by atoms with E-state index in [9.17, 15) is 4.79 Å². The Morgan fingerprint density at radius 2 is 1.74 bits per heavy atom. The zero-order chi connectivity index (χ0) is 26.1. The fourth-order valence-corrected chi connectivity index (χ4v) is 5.44. The Hall–Kier alpha value is -4.29. The molecule has 7 heteroatoms. The second-order valence-electron chi connectivity index (χ2n) is 9.49. The van der Waals surface area contributed by atoms with E-state index in [1.54, 1.807) is 0 Å². The van der Waals surface area contributed by atoms with Crippen LogP contribution in [-0.2, 0) is 13.0 Å². The van der Waals surface area contributed by atoms with Gasteiger partial charge in [-0.3, -0.25) is 0 Å². The van der Waals surface area contributed by atoms with Gasteiger partial charge in [-0.1, -0.05) is 72.3 Å². The largest absolute Gasteiger partial charge is 0.338 e. The molecule has 3 heterocycles. The third kappa shape index (κ3) is 4.48. The number of aromatic nitrogens is 3. The first-order chi connectivity index (χ1) is 18.6. The summed E-state index contributed by atoms with van der Waals surface area (Å²) < 4.78 is 4.13. The van der Waals surface area contributed by atoms with Gasteiger partial charge in [0, 0.05) is 23.3 Å². The van der Waals surface area contributed by atoms with Gasteiger partial charge in [-0.2, -0.15) is 5.10 Å². The topological polar surface area (TPSA) is 55.1 Å². The summed E-state index contributed by atoms with van der Waals surface area (Å²) in [6, 6.07) is 31.7. The smallest absolute Gasteiger partial charge is 0.318 e. The number of carbonyl (C=O) groups is 1. The van der Waals surface area contributed by atoms with E-state index in [4.69, 9.17) is 16.7 Å². The van der Waals surface area contributed by atoms with E-state index in [1.165, 1.54) is 5.56 Å². The molecule has 0 bridgehead atoms. The molecule has 2 aromatic heterocycles. The van der Waals surface area contributed by atoms with Crippen LogP contribution in [-0.4, -0.2) is 31.8 Å². The van der Waals surface area contributed by atoms with Gasteiger partial charge in [0.15, 0.2) is 0 Å². The van der Waals surface area contributed by atoms with E-state index < -0.39 is 0 Å². The highest BCUT2D eigenvalue weighted by atomic mass is 35.5. The van der Waals surface area contributed by atoms with Crippen LogP contribution in [0.4, 0.5) is 4.79 Å². The van der Waals surface area contributed by atoms with Crippen molar-refractivity contribution in [1.82, 2.24) is 24.6 Å². The second kappa shape index (κ2) is 10.2. The summed E-state index contributed by atoms with van der Waals surface area (Å²) >= 11 is 6.44. The Bertz CT molecular complexity index is 1570. The van der Waals surface area contributed by atoms with Gasteiger partial charge in [-0.05, 0) is 60.9 Å². The van der Waals surface area contributed by atoms with Crippen LogP contribution in [0.25, 0.3) is 11.5 Å². The number of halogens is 1. The Morgan fingerprint density at radius 3 is 2.50 bits per heavy atom. The second-order valence-corrected chi connectivity index (χ2v) is 9.93. The summed E-state index contributed by atoms with van der Waals surface area (Å²) in [7, 11) is 0. The maximum absolute atomic E-state index is 13.9. The summed E-state index contributed by atoms with van der Waals surface area (Å²) in [5.74, 6) is 0.945. The number of rotatable bonds is 5. The third-order valence-electron chi connectivity index (χ3n) is 7.04. The summed E-state index contributed by atoms with van der Waals surface area (Å²) in [6.07, 6.45) is 2.80. The number of carbonyl (C=O) groups excluding carboxylic acids is 1. The first-order valence-corrected chi connectivity index (χ1v) is 13.1. The van der Waals surface area contributed by atoms with Gasteiger partial charge in [-0.25, -0.2) is 9.48 Å². The number of nitrogens with zero attached hydrogens (tertiary/aromatic N) is 4. The fourth-order valence-electron chi connectivity index (χ4n) is 5.24. The van der Waals surface area contributed by atoms with E-state index in [1.807, 2.05) is 102 Å². The molecule has 0 aliphatic carbocycles. The molecule has 0 spiro atoms. The first kappa shape index (κ1) is 24.1. The zero-order valence-electron chi connectivity index (χ0n) is 21.1. The lowest BCUT2D eigenvalue weighted by Gasteiger charge is -2.31. The Balaban J connectivity index is 1.44. The van der Waals surface area contributed by atoms with Gasteiger partial charge < -0.3 is 14.8 Å². The number of fused-ring (bicyclic) bond motifs is 3. The molecule has 6 rings (SSSR count). The van der Waals surface area contributed by atoms with E-state index >= 15 is 0 Å². The molecule has 0 radical (unpaired) electrons. The lowest BCUT2D eigenvalue weighted by atomic mass is 10.0. The molecule has 38 heavy (non-hydrogen) atoms. The molecular weight excluding hydrogens is 494 g/mol. The number of hydrogen-bond donors (Lipinski definition) is 1. The lowest BCUT2D eigenvalue weighted by Crippen LogP contribution is -2.42. The number of urea groups is 1. The highest BCUT2D eigenvalue weighted by Crippen LogP contribution is 2.38. The van der Waals surface area contributed by atoms with Crippen molar-refractivity contribution in [3.8, 4) is 11.5 Å². The Morgan fingerprint density at radius 1 is 0.974 bits per heavy atom. The van der Waals surface area contributed by atoms with Crippen LogP contribution in [0.5, 0.6) is 0 Å². The molecule has 2 amide bonds. The van der Waals surface area contributed by atoms with Crippen LogP contribution in [0.2, 0.25) is 5.02 Å². The normalized spacial score (nSPS) is 14.5. The minimum atomic E-state index is -0.337. The standard InChI is InChI=1S/C31H28ClN5O/c1-22-27-21-36(31(38)33-18-17-23-10-4-2-5-11-23)29(24-12-8-13-25(32)20-24)28-16-9-19-35(28)30(27)37(34-22)26-14-6-3-7-15-26/h2-16,19-20,29H,17-18,21H2,1H3,(H,33,38)/t29-/m0/s1. The van der Waals surface area contributed by atoms with Crippen LogP contribution < -0.4 is 5.32 Å². The van der Waals surface area contributed by atoms with Crippen molar-refractivity contribution in [2.75, 3.05) is 6.54 Å². The van der Waals surface area contributed by atoms with Gasteiger partial charge in [0.1, 0.15) is 5.82 Å². The molecule has 0 fully saturated rings. The van der Waals surface area contributed by atoms with Crippen molar-refractivity contribution in [3.05, 3.63) is 136 Å². The molecule has 0 saturated heterocycles. The average Bonchev–Trinajstić information content (AvgIpc) is 3.50. The molecule has 0 saturated carbocycles. The van der Waals surface area contributed by atoms with Gasteiger partial charge in [0.2, 0.25) is 0 Å². The molecule has 0 unspecified atom stereocenters. The zero-order valence-corrected chi connectivity index (χ0v) is 21.8. The molecular formula is C31H28ClN5O. The number of nitrogens with one attached hydrogen (secondary N) is 1. The van der Waals surface area contributed by atoms with Crippen molar-refractivity contribution in [2.45, 2.75) is 25.9 Å². The Kier molecular flexibility index (Phi) is 6.48. The predicted molar refractivity (Wildman–Crippen MR) is 150 cm³/mol. The van der Waals surface area contributed by atoms with Crippen LogP contribution in [0.3, 0.4) is 0 Å². The molecule has 1 aliphatic heterocycles. The number of para-hydroxylation sites is 1. The van der Waals surface area contributed by atoms with Crippen molar-refractivity contribution < 1.29 is 4.79 Å². The van der Waals surface area contributed by atoms with E-state index in [2.05, 4.69) is 28.1 Å². The summed E-state index contributed by atoms with van der Waals surface area (Å²) in [6.45, 7) is 2.95. The van der Waals surface area contributed by atoms with E-state index in [0.29, 0.717) is 18.1 Å². The molecule has 3 aromatic carbocycles. The van der Waals surface area contributed by atoms with E-state index in [-0.39, 0.29) is 12.1 Å². The lowest BCUT2D eigenvalue weighted by molar-refractivity contribution is 0.180. The quantitative estimate of drug-likeness (QED) is 0.288. The van der Waals surface area contributed by atoms with Gasteiger partial charge in [0.05, 0.1) is 29.7 Å². The average molecular weight is 522 g/mol. The number of amides is 2. The van der Waals surface area contributed by atoms with Gasteiger partial charge in [-0.15, -0.1) is 0 Å². The SMILES string of the molecule is Cc1nn(-c2ccccc2)c2c1CN(C(=O)NCCc1ccccc1)[C@@H](c1cccc(Cl)c1)c1cccn1-2. The van der Waals surface area contributed by atoms with Crippen molar-refractivity contribution in [1.29, 1.82) is 0 Å². The van der Waals surface area contributed by atoms with Crippen LogP contribution in [0.15, 0.2) is 103 Å². The van der Waals surface area contributed by atoms with Crippen molar-refractivity contribution in [2.24, 2.45) is 0 Å². The number of aryl methyl sites for hydroxylation is 1. The number of benzene rings is 3.